The maximum absolute atomic E-state index is 13.8. The Morgan fingerprint density at radius 3 is 2.16 bits per heavy atom. The van der Waals surface area contributed by atoms with E-state index < -0.39 is 23.1 Å². The number of hydrogen-bond acceptors (Lipinski definition) is 1. The van der Waals surface area contributed by atoms with E-state index in [1.54, 1.807) is 4.90 Å². The number of rotatable bonds is 1. The van der Waals surface area contributed by atoms with E-state index in [4.69, 9.17) is 0 Å². The van der Waals surface area contributed by atoms with Crippen LogP contribution in [0.1, 0.15) is 30.6 Å². The third kappa shape index (κ3) is 3.14. The van der Waals surface area contributed by atoms with Crippen molar-refractivity contribution in [3.05, 3.63) is 33.8 Å². The van der Waals surface area contributed by atoms with Gasteiger partial charge in [-0.3, -0.25) is 4.79 Å². The maximum Gasteiger partial charge on any atom is 0.259 e. The summed E-state index contributed by atoms with van der Waals surface area (Å²) in [7, 11) is 0. The minimum atomic E-state index is -0.817. The fraction of sp³-hybridized carbons (Fsp3) is 0.500. The molecule has 0 radical (unpaired) electrons. The summed E-state index contributed by atoms with van der Waals surface area (Å²) in [6.07, 6.45) is 1.04. The van der Waals surface area contributed by atoms with Gasteiger partial charge in [-0.25, -0.2) is 8.78 Å². The number of carbonyl (C=O) groups excluding carboxylic acids is 1. The zero-order chi connectivity index (χ0) is 14.2. The molecule has 2 unspecified atom stereocenters. The molecule has 1 aromatic carbocycles. The van der Waals surface area contributed by atoms with Crippen molar-refractivity contribution in [3.8, 4) is 0 Å². The molecule has 0 bridgehead atoms. The summed E-state index contributed by atoms with van der Waals surface area (Å²) in [5.41, 5.74) is -0.454. The first-order valence-corrected chi connectivity index (χ1v) is 7.11. The Labute approximate surface area is 119 Å². The molecule has 0 N–H and O–H groups in total. The standard InChI is InChI=1S/C14H16BrF2NO/c1-8-3-9(2)7-18(6-8)14(19)13-11(16)4-10(15)5-12(13)17/h4-5,8-9H,3,6-7H2,1-2H3. The molecule has 2 rings (SSSR count). The van der Waals surface area contributed by atoms with Crippen LogP contribution in [0.25, 0.3) is 0 Å². The normalized spacial score (nSPS) is 23.5. The number of piperidine rings is 1. The van der Waals surface area contributed by atoms with Crippen molar-refractivity contribution in [3.63, 3.8) is 0 Å². The van der Waals surface area contributed by atoms with Crippen LogP contribution in [-0.2, 0) is 0 Å². The van der Waals surface area contributed by atoms with E-state index in [0.717, 1.165) is 18.6 Å². The van der Waals surface area contributed by atoms with Gasteiger partial charge in [0.2, 0.25) is 0 Å². The second-order valence-electron chi connectivity index (χ2n) is 5.40. The average Bonchev–Trinajstić information content (AvgIpc) is 2.25. The highest BCUT2D eigenvalue weighted by atomic mass is 79.9. The largest absolute Gasteiger partial charge is 0.338 e. The van der Waals surface area contributed by atoms with Crippen molar-refractivity contribution in [1.29, 1.82) is 0 Å². The highest BCUT2D eigenvalue weighted by molar-refractivity contribution is 9.10. The second-order valence-corrected chi connectivity index (χ2v) is 6.32. The third-order valence-electron chi connectivity index (χ3n) is 3.38. The molecule has 0 spiro atoms. The van der Waals surface area contributed by atoms with Crippen LogP contribution in [0.2, 0.25) is 0 Å². The van der Waals surface area contributed by atoms with Crippen molar-refractivity contribution in [1.82, 2.24) is 4.90 Å². The predicted octanol–water partition coefficient (Wildman–Crippen LogP) is 3.85. The van der Waals surface area contributed by atoms with Gasteiger partial charge in [0.1, 0.15) is 17.2 Å². The van der Waals surface area contributed by atoms with E-state index in [1.165, 1.54) is 0 Å². The van der Waals surface area contributed by atoms with Gasteiger partial charge in [0, 0.05) is 17.6 Å². The van der Waals surface area contributed by atoms with Gasteiger partial charge < -0.3 is 4.90 Å². The lowest BCUT2D eigenvalue weighted by molar-refractivity contribution is 0.0613. The molecule has 104 valence electrons. The lowest BCUT2D eigenvalue weighted by Crippen LogP contribution is -2.43. The Morgan fingerprint density at radius 2 is 1.68 bits per heavy atom. The number of hydrogen-bond donors (Lipinski definition) is 0. The monoisotopic (exact) mass is 331 g/mol. The summed E-state index contributed by atoms with van der Waals surface area (Å²) in [6, 6.07) is 2.24. The number of benzene rings is 1. The first kappa shape index (κ1) is 14.4. The molecule has 19 heavy (non-hydrogen) atoms. The number of nitrogens with zero attached hydrogens (tertiary/aromatic N) is 1. The van der Waals surface area contributed by atoms with E-state index in [9.17, 15) is 13.6 Å². The molecule has 1 fully saturated rings. The molecule has 1 aliphatic rings. The molecule has 1 heterocycles. The number of carbonyl (C=O) groups is 1. The molecular formula is C14H16BrF2NO. The SMILES string of the molecule is CC1CC(C)CN(C(=O)c2c(F)cc(Br)cc2F)C1. The van der Waals surface area contributed by atoms with E-state index in [2.05, 4.69) is 15.9 Å². The van der Waals surface area contributed by atoms with Gasteiger partial charge in [0.15, 0.2) is 0 Å². The van der Waals surface area contributed by atoms with E-state index in [-0.39, 0.29) is 0 Å². The first-order chi connectivity index (χ1) is 8.88. The van der Waals surface area contributed by atoms with Gasteiger partial charge >= 0.3 is 0 Å². The summed E-state index contributed by atoms with van der Waals surface area (Å²) in [4.78, 5) is 13.8. The van der Waals surface area contributed by atoms with Gasteiger partial charge in [0.05, 0.1) is 0 Å². The zero-order valence-electron chi connectivity index (χ0n) is 10.9. The fourth-order valence-electron chi connectivity index (χ4n) is 2.73. The summed E-state index contributed by atoms with van der Waals surface area (Å²) in [5.74, 6) is -1.48. The van der Waals surface area contributed by atoms with Gasteiger partial charge in [-0.1, -0.05) is 29.8 Å². The van der Waals surface area contributed by atoms with Crippen LogP contribution < -0.4 is 0 Å². The van der Waals surface area contributed by atoms with Crippen LogP contribution in [0, 0.1) is 23.5 Å². The van der Waals surface area contributed by atoms with E-state index in [0.29, 0.717) is 29.4 Å². The second kappa shape index (κ2) is 5.57. The molecule has 2 atom stereocenters. The smallest absolute Gasteiger partial charge is 0.259 e. The molecule has 2 nitrogen and oxygen atoms in total. The average molecular weight is 332 g/mol. The van der Waals surface area contributed by atoms with Gasteiger partial charge in [-0.2, -0.15) is 0 Å². The highest BCUT2D eigenvalue weighted by Crippen LogP contribution is 2.25. The van der Waals surface area contributed by atoms with Gasteiger partial charge in [-0.15, -0.1) is 0 Å². The molecule has 0 saturated carbocycles. The quantitative estimate of drug-likeness (QED) is 0.765. The fourth-order valence-corrected chi connectivity index (χ4v) is 3.14. The Kier molecular flexibility index (Phi) is 4.23. The number of amides is 1. The van der Waals surface area contributed by atoms with Gasteiger partial charge in [-0.05, 0) is 30.4 Å². The van der Waals surface area contributed by atoms with Gasteiger partial charge in [0.25, 0.3) is 5.91 Å². The van der Waals surface area contributed by atoms with Crippen LogP contribution in [0.4, 0.5) is 8.78 Å². The minimum Gasteiger partial charge on any atom is -0.338 e. The molecule has 1 aromatic rings. The maximum atomic E-state index is 13.8. The molecule has 1 aliphatic heterocycles. The molecule has 0 aromatic heterocycles. The van der Waals surface area contributed by atoms with Crippen LogP contribution in [0.5, 0.6) is 0 Å². The Bertz CT molecular complexity index is 473. The van der Waals surface area contributed by atoms with Crippen LogP contribution >= 0.6 is 15.9 Å². The lowest BCUT2D eigenvalue weighted by atomic mass is 9.91. The van der Waals surface area contributed by atoms with Crippen LogP contribution in [-0.4, -0.2) is 23.9 Å². The van der Waals surface area contributed by atoms with Crippen molar-refractivity contribution in [2.75, 3.05) is 13.1 Å². The van der Waals surface area contributed by atoms with E-state index >= 15 is 0 Å². The third-order valence-corrected chi connectivity index (χ3v) is 3.83. The molecule has 1 amide bonds. The predicted molar refractivity (Wildman–Crippen MR) is 72.9 cm³/mol. The number of halogens is 3. The Morgan fingerprint density at radius 1 is 1.21 bits per heavy atom. The van der Waals surface area contributed by atoms with E-state index in [1.807, 2.05) is 13.8 Å². The highest BCUT2D eigenvalue weighted by Gasteiger charge is 2.29. The Hall–Kier alpha value is -0.970. The molecule has 5 heteroatoms. The van der Waals surface area contributed by atoms with Crippen molar-refractivity contribution >= 4 is 21.8 Å². The summed E-state index contributed by atoms with van der Waals surface area (Å²) in [5, 5.41) is 0. The summed E-state index contributed by atoms with van der Waals surface area (Å²) < 4.78 is 27.9. The molecule has 1 saturated heterocycles. The topological polar surface area (TPSA) is 20.3 Å². The first-order valence-electron chi connectivity index (χ1n) is 6.32. The molecule has 0 aliphatic carbocycles. The number of likely N-dealkylation sites (tertiary alicyclic amines) is 1. The van der Waals surface area contributed by atoms with Crippen molar-refractivity contribution in [2.45, 2.75) is 20.3 Å². The van der Waals surface area contributed by atoms with Crippen LogP contribution in [0.15, 0.2) is 16.6 Å². The summed E-state index contributed by atoms with van der Waals surface area (Å²) >= 11 is 3.01. The summed E-state index contributed by atoms with van der Waals surface area (Å²) in [6.45, 7) is 5.20. The van der Waals surface area contributed by atoms with Crippen molar-refractivity contribution < 1.29 is 13.6 Å². The van der Waals surface area contributed by atoms with Crippen molar-refractivity contribution in [2.24, 2.45) is 11.8 Å². The minimum absolute atomic E-state index is 0.291. The van der Waals surface area contributed by atoms with Crippen LogP contribution in [0.3, 0.4) is 0 Å². The zero-order valence-corrected chi connectivity index (χ0v) is 12.5. The Balaban J connectivity index is 2.29. The lowest BCUT2D eigenvalue weighted by Gasteiger charge is -2.35. The molecular weight excluding hydrogens is 316 g/mol.